The molecule has 0 spiro atoms. The second-order valence-corrected chi connectivity index (χ2v) is 12.1. The van der Waals surface area contributed by atoms with Crippen LogP contribution in [0.1, 0.15) is 45.4 Å². The van der Waals surface area contributed by atoms with Gasteiger partial charge in [-0.15, -0.1) is 11.3 Å². The number of nitrogens with zero attached hydrogens (tertiary/aromatic N) is 2. The maximum absolute atomic E-state index is 14.6. The van der Waals surface area contributed by atoms with Crippen molar-refractivity contribution in [1.82, 2.24) is 15.3 Å². The van der Waals surface area contributed by atoms with Gasteiger partial charge < -0.3 is 20.5 Å². The van der Waals surface area contributed by atoms with E-state index in [1.807, 2.05) is 0 Å². The van der Waals surface area contributed by atoms with E-state index in [-0.39, 0.29) is 34.2 Å². The van der Waals surface area contributed by atoms with E-state index in [0.717, 1.165) is 36.0 Å². The van der Waals surface area contributed by atoms with Crippen molar-refractivity contribution in [3.63, 3.8) is 0 Å². The molecule has 2 aromatic carbocycles. The van der Waals surface area contributed by atoms with Gasteiger partial charge in [-0.25, -0.2) is 18.7 Å². The largest absolute Gasteiger partial charge is 0.489 e. The number of hydrogen-bond acceptors (Lipinski definition) is 7. The second kappa shape index (κ2) is 11.0. The Morgan fingerprint density at radius 2 is 1.91 bits per heavy atom. The molecule has 2 aromatic heterocycles. The van der Waals surface area contributed by atoms with E-state index in [1.165, 1.54) is 35.6 Å². The van der Waals surface area contributed by atoms with Crippen LogP contribution in [-0.2, 0) is 10.2 Å². The minimum Gasteiger partial charge on any atom is -0.489 e. The molecule has 0 unspecified atom stereocenters. The van der Waals surface area contributed by atoms with Crippen LogP contribution in [-0.4, -0.2) is 53.9 Å². The summed E-state index contributed by atoms with van der Waals surface area (Å²) in [6, 6.07) is 8.63. The van der Waals surface area contributed by atoms with E-state index in [4.69, 9.17) is 15.2 Å². The molecule has 1 aliphatic carbocycles. The highest BCUT2D eigenvalue weighted by atomic mass is 32.1. The number of benzene rings is 2. The lowest BCUT2D eigenvalue weighted by Gasteiger charge is -2.24. The van der Waals surface area contributed by atoms with Crippen molar-refractivity contribution >= 4 is 33.4 Å². The molecule has 0 saturated heterocycles. The van der Waals surface area contributed by atoms with Crippen LogP contribution in [0.25, 0.3) is 21.5 Å². The minimum absolute atomic E-state index is 0.00450. The number of aryl methyl sites for hydroxylation is 1. The first-order valence-electron chi connectivity index (χ1n) is 13.6. The summed E-state index contributed by atoms with van der Waals surface area (Å²) in [5, 5.41) is 3.08. The van der Waals surface area contributed by atoms with Gasteiger partial charge in [0, 0.05) is 23.2 Å². The molecular weight excluding hydrogens is 607 g/mol. The van der Waals surface area contributed by atoms with Crippen LogP contribution in [0, 0.1) is 12.7 Å². The number of carbonyl (C=O) groups is 2. The van der Waals surface area contributed by atoms with Crippen molar-refractivity contribution < 1.29 is 41.0 Å². The summed E-state index contributed by atoms with van der Waals surface area (Å²) in [4.78, 5) is 34.3. The number of nitrogens with two attached hydrogens (primary N) is 1. The van der Waals surface area contributed by atoms with Crippen LogP contribution in [0.2, 0.25) is 0 Å². The van der Waals surface area contributed by atoms with Crippen molar-refractivity contribution in [3.8, 4) is 22.8 Å². The van der Waals surface area contributed by atoms with Crippen LogP contribution in [0.4, 0.5) is 22.0 Å². The fraction of sp³-hybridized carbons (Fsp3) is 0.333. The Balaban J connectivity index is 1.37. The van der Waals surface area contributed by atoms with Crippen molar-refractivity contribution in [1.29, 1.82) is 0 Å². The number of primary amides is 1. The van der Waals surface area contributed by atoms with E-state index >= 15 is 0 Å². The van der Waals surface area contributed by atoms with Gasteiger partial charge >= 0.3 is 6.18 Å². The van der Waals surface area contributed by atoms with Crippen molar-refractivity contribution in [2.75, 3.05) is 19.8 Å². The average molecular weight is 633 g/mol. The summed E-state index contributed by atoms with van der Waals surface area (Å²) >= 11 is 1.32. The first-order chi connectivity index (χ1) is 20.9. The number of hydrogen-bond donors (Lipinski definition) is 2. The average Bonchev–Trinajstić information content (AvgIpc) is 3.57. The molecule has 6 rings (SSSR count). The molecular formula is C30H25F5N4O4S. The van der Waals surface area contributed by atoms with E-state index in [0.29, 0.717) is 16.0 Å². The number of halogens is 5. The number of fused-ring (bicyclic) bond motifs is 2. The standard InChI is InChI=1S/C30H25F5N4O4S/c1-14-38-25-22(43-18-6-7-18)8-16(9-23(25)44-14)27(40)37-11-20(30(33,34)35)21-10-19-26(42-13-29(19,12-31)28(36)41)24(39-21)15-2-4-17(32)5-3-15/h2-5,8-10,18,20H,6-7,11-13H2,1H3,(H2,36,41)(H,37,40)/t20-,29+/m1/s1. The Kier molecular flexibility index (Phi) is 7.42. The summed E-state index contributed by atoms with van der Waals surface area (Å²) in [6.07, 6.45) is -3.23. The molecule has 8 nitrogen and oxygen atoms in total. The van der Waals surface area contributed by atoms with Crippen LogP contribution in [0.3, 0.4) is 0 Å². The third-order valence-corrected chi connectivity index (χ3v) is 8.57. The molecule has 2 aliphatic rings. The Morgan fingerprint density at radius 3 is 2.55 bits per heavy atom. The molecule has 0 radical (unpaired) electrons. The van der Waals surface area contributed by atoms with Gasteiger partial charge in [-0.05, 0) is 62.2 Å². The number of nitrogens with one attached hydrogen (secondary N) is 1. The number of carbonyl (C=O) groups excluding carboxylic acids is 2. The quantitative estimate of drug-likeness (QED) is 0.235. The number of aromatic nitrogens is 2. The summed E-state index contributed by atoms with van der Waals surface area (Å²) in [7, 11) is 0. The normalized spacial score (nSPS) is 18.5. The maximum atomic E-state index is 14.6. The third kappa shape index (κ3) is 5.42. The zero-order chi connectivity index (χ0) is 31.4. The molecule has 1 fully saturated rings. The molecule has 0 bridgehead atoms. The summed E-state index contributed by atoms with van der Waals surface area (Å²) < 4.78 is 83.9. The first kappa shape index (κ1) is 29.7. The Bertz CT molecular complexity index is 1770. The van der Waals surface area contributed by atoms with Crippen molar-refractivity contribution in [3.05, 3.63) is 70.1 Å². The maximum Gasteiger partial charge on any atom is 0.398 e. The Labute approximate surface area is 251 Å². The zero-order valence-electron chi connectivity index (χ0n) is 23.1. The van der Waals surface area contributed by atoms with Crippen molar-refractivity contribution in [2.24, 2.45) is 5.73 Å². The number of alkyl halides is 4. The SMILES string of the molecule is Cc1nc2c(OC3CC3)cc(C(=O)NC[C@H](c3cc4c(c(-c5ccc(F)cc5)n3)OC[C@]4(CF)C(N)=O)C(F)(F)F)cc2s1. The molecule has 2 amide bonds. The first-order valence-corrected chi connectivity index (χ1v) is 14.4. The van der Waals surface area contributed by atoms with Gasteiger partial charge in [-0.3, -0.25) is 9.59 Å². The lowest BCUT2D eigenvalue weighted by atomic mass is 9.81. The molecule has 1 saturated carbocycles. The van der Waals surface area contributed by atoms with Gasteiger partial charge in [0.15, 0.2) is 0 Å². The minimum atomic E-state index is -4.93. The van der Waals surface area contributed by atoms with E-state index in [9.17, 15) is 31.5 Å². The smallest absolute Gasteiger partial charge is 0.398 e. The predicted octanol–water partition coefficient (Wildman–Crippen LogP) is 5.51. The molecule has 230 valence electrons. The van der Waals surface area contributed by atoms with Crippen molar-refractivity contribution in [2.45, 2.75) is 43.4 Å². The predicted molar refractivity (Wildman–Crippen MR) is 151 cm³/mol. The van der Waals surface area contributed by atoms with Crippen LogP contribution in [0.15, 0.2) is 42.5 Å². The van der Waals surface area contributed by atoms with Gasteiger partial charge in [0.05, 0.1) is 21.5 Å². The highest BCUT2D eigenvalue weighted by Crippen LogP contribution is 2.47. The molecule has 3 N–H and O–H groups in total. The topological polar surface area (TPSA) is 116 Å². The molecule has 4 aromatic rings. The summed E-state index contributed by atoms with van der Waals surface area (Å²) in [5.74, 6) is -4.64. The van der Waals surface area contributed by atoms with E-state index in [2.05, 4.69) is 15.3 Å². The van der Waals surface area contributed by atoms with E-state index in [1.54, 1.807) is 6.92 Å². The lowest BCUT2D eigenvalue weighted by Crippen LogP contribution is -2.44. The van der Waals surface area contributed by atoms with Gasteiger partial charge in [0.2, 0.25) is 5.91 Å². The lowest BCUT2D eigenvalue weighted by molar-refractivity contribution is -0.149. The number of pyridine rings is 1. The number of amides is 2. The Morgan fingerprint density at radius 1 is 1.18 bits per heavy atom. The van der Waals surface area contributed by atoms with Crippen LogP contribution in [0.5, 0.6) is 11.5 Å². The van der Waals surface area contributed by atoms with Gasteiger partial charge in [-0.2, -0.15) is 13.2 Å². The van der Waals surface area contributed by atoms with E-state index < -0.39 is 60.7 Å². The highest BCUT2D eigenvalue weighted by Gasteiger charge is 2.50. The second-order valence-electron chi connectivity index (χ2n) is 10.8. The summed E-state index contributed by atoms with van der Waals surface area (Å²) in [6.45, 7) is -1.02. The van der Waals surface area contributed by atoms with Gasteiger partial charge in [0.1, 0.15) is 53.1 Å². The molecule has 1 aliphatic heterocycles. The molecule has 44 heavy (non-hydrogen) atoms. The molecule has 3 heterocycles. The monoisotopic (exact) mass is 632 g/mol. The highest BCUT2D eigenvalue weighted by molar-refractivity contribution is 7.18. The number of ether oxygens (including phenoxy) is 2. The zero-order valence-corrected chi connectivity index (χ0v) is 24.0. The van der Waals surface area contributed by atoms with Crippen LogP contribution < -0.4 is 20.5 Å². The van der Waals surface area contributed by atoms with Gasteiger partial charge in [0.25, 0.3) is 5.91 Å². The molecule has 14 heteroatoms. The molecule has 2 atom stereocenters. The fourth-order valence-corrected chi connectivity index (χ4v) is 5.95. The van der Waals surface area contributed by atoms with Crippen LogP contribution >= 0.6 is 11.3 Å². The number of thiazole rings is 1. The number of rotatable bonds is 9. The fourth-order valence-electron chi connectivity index (χ4n) is 5.07. The third-order valence-electron chi connectivity index (χ3n) is 7.65. The Hall–Kier alpha value is -4.33. The van der Waals surface area contributed by atoms with Gasteiger partial charge in [-0.1, -0.05) is 0 Å². The summed E-state index contributed by atoms with van der Waals surface area (Å²) in [5.41, 5.74) is 3.33.